The summed E-state index contributed by atoms with van der Waals surface area (Å²) in [6, 6.07) is 28.2. The molecule has 3 aromatic carbocycles. The Kier molecular flexibility index (Phi) is 6.10. The van der Waals surface area contributed by atoms with Gasteiger partial charge in [0.1, 0.15) is 0 Å². The van der Waals surface area contributed by atoms with Crippen molar-refractivity contribution in [2.45, 2.75) is 32.2 Å². The molecule has 0 spiro atoms. The molecule has 0 aliphatic carbocycles. The highest BCUT2D eigenvalue weighted by Gasteiger charge is 2.15. The first-order valence-electron chi connectivity index (χ1n) is 9.62. The van der Waals surface area contributed by atoms with E-state index < -0.39 is 0 Å². The maximum Gasteiger partial charge on any atom is 0.244 e. The number of carbonyl (C=O) groups excluding carboxylic acids is 1. The van der Waals surface area contributed by atoms with Crippen LogP contribution in [-0.2, 0) is 10.2 Å². The Morgan fingerprint density at radius 2 is 1.29 bits per heavy atom. The van der Waals surface area contributed by atoms with Crippen LogP contribution in [-0.4, -0.2) is 5.91 Å². The van der Waals surface area contributed by atoms with Gasteiger partial charge in [-0.15, -0.1) is 0 Å². The van der Waals surface area contributed by atoms with Crippen LogP contribution in [0, 0.1) is 0 Å². The third kappa shape index (κ3) is 5.20. The third-order valence-corrected chi connectivity index (χ3v) is 4.76. The van der Waals surface area contributed by atoms with Crippen LogP contribution in [0.4, 0.5) is 0 Å². The molecule has 0 fully saturated rings. The van der Waals surface area contributed by atoms with Crippen LogP contribution in [0.2, 0.25) is 0 Å². The Bertz CT molecular complexity index is 880. The van der Waals surface area contributed by atoms with E-state index in [9.17, 15) is 4.79 Å². The fourth-order valence-corrected chi connectivity index (χ4v) is 3.11. The van der Waals surface area contributed by atoms with Crippen molar-refractivity contribution in [3.63, 3.8) is 0 Å². The molecule has 0 radical (unpaired) electrons. The van der Waals surface area contributed by atoms with Gasteiger partial charge in [-0.3, -0.25) is 4.79 Å². The van der Waals surface area contributed by atoms with E-state index in [0.29, 0.717) is 0 Å². The van der Waals surface area contributed by atoms with Gasteiger partial charge in [-0.1, -0.05) is 106 Å². The van der Waals surface area contributed by atoms with Crippen molar-refractivity contribution in [1.29, 1.82) is 0 Å². The summed E-state index contributed by atoms with van der Waals surface area (Å²) in [6.07, 6.45) is 3.46. The van der Waals surface area contributed by atoms with Crippen LogP contribution in [0.3, 0.4) is 0 Å². The lowest BCUT2D eigenvalue weighted by atomic mass is 9.87. The predicted octanol–water partition coefficient (Wildman–Crippen LogP) is 5.90. The normalized spacial score (nSPS) is 11.7. The van der Waals surface area contributed by atoms with E-state index >= 15 is 0 Å². The summed E-state index contributed by atoms with van der Waals surface area (Å²) in [6.45, 7) is 6.58. The Balaban J connectivity index is 1.74. The molecule has 0 bridgehead atoms. The largest absolute Gasteiger partial charge is 0.342 e. The second kappa shape index (κ2) is 8.71. The zero-order chi connectivity index (χ0) is 20.0. The summed E-state index contributed by atoms with van der Waals surface area (Å²) in [7, 11) is 0. The minimum atomic E-state index is -0.178. The Morgan fingerprint density at radius 1 is 0.786 bits per heavy atom. The van der Waals surface area contributed by atoms with E-state index in [1.807, 2.05) is 66.7 Å². The highest BCUT2D eigenvalue weighted by atomic mass is 16.1. The average Bonchev–Trinajstić information content (AvgIpc) is 2.71. The van der Waals surface area contributed by atoms with Crippen LogP contribution in [0.25, 0.3) is 6.08 Å². The van der Waals surface area contributed by atoms with Crippen LogP contribution < -0.4 is 5.32 Å². The van der Waals surface area contributed by atoms with Crippen molar-refractivity contribution >= 4 is 12.0 Å². The molecule has 0 aliphatic heterocycles. The fraction of sp³-hybridized carbons (Fsp3) is 0.192. The number of nitrogens with one attached hydrogen (secondary N) is 1. The fourth-order valence-electron chi connectivity index (χ4n) is 3.11. The predicted molar refractivity (Wildman–Crippen MR) is 117 cm³/mol. The summed E-state index contributed by atoms with van der Waals surface area (Å²) in [5.74, 6) is -0.113. The van der Waals surface area contributed by atoms with E-state index in [-0.39, 0.29) is 17.4 Å². The third-order valence-electron chi connectivity index (χ3n) is 4.76. The van der Waals surface area contributed by atoms with Crippen LogP contribution in [0.1, 0.15) is 49.1 Å². The maximum atomic E-state index is 12.6. The molecule has 1 N–H and O–H groups in total. The monoisotopic (exact) mass is 369 g/mol. The Labute approximate surface area is 167 Å². The maximum absolute atomic E-state index is 12.6. The molecule has 0 aromatic heterocycles. The summed E-state index contributed by atoms with van der Waals surface area (Å²) in [5.41, 5.74) is 4.54. The number of benzene rings is 3. The van der Waals surface area contributed by atoms with Crippen LogP contribution in [0.5, 0.6) is 0 Å². The molecule has 1 amide bonds. The van der Waals surface area contributed by atoms with Crippen molar-refractivity contribution in [2.75, 3.05) is 0 Å². The topological polar surface area (TPSA) is 29.1 Å². The molecule has 3 rings (SSSR count). The van der Waals surface area contributed by atoms with E-state index in [1.54, 1.807) is 6.08 Å². The molecular weight excluding hydrogens is 342 g/mol. The highest BCUT2D eigenvalue weighted by Crippen LogP contribution is 2.23. The number of amides is 1. The molecule has 2 heteroatoms. The molecule has 3 aromatic rings. The standard InChI is InChI=1S/C26H27NO/c1-26(2,3)23-17-14-20(15-18-23)16-19-24(28)27-25(21-10-6-4-7-11-21)22-12-8-5-9-13-22/h4-19,25H,1-3H3,(H,27,28)/b19-16+. The van der Waals surface area contributed by atoms with Gasteiger partial charge in [0.15, 0.2) is 0 Å². The first-order valence-corrected chi connectivity index (χ1v) is 9.62. The van der Waals surface area contributed by atoms with Gasteiger partial charge in [0.05, 0.1) is 6.04 Å². The molecule has 0 aliphatic rings. The lowest BCUT2D eigenvalue weighted by molar-refractivity contribution is -0.116. The zero-order valence-corrected chi connectivity index (χ0v) is 16.7. The quantitative estimate of drug-likeness (QED) is 0.557. The van der Waals surface area contributed by atoms with E-state index in [1.165, 1.54) is 5.56 Å². The van der Waals surface area contributed by atoms with E-state index in [0.717, 1.165) is 16.7 Å². The molecule has 2 nitrogen and oxygen atoms in total. The van der Waals surface area contributed by atoms with E-state index in [2.05, 4.69) is 50.4 Å². The molecule has 28 heavy (non-hydrogen) atoms. The first-order chi connectivity index (χ1) is 13.4. The minimum absolute atomic E-state index is 0.113. The lowest BCUT2D eigenvalue weighted by Gasteiger charge is -2.19. The van der Waals surface area contributed by atoms with Crippen molar-refractivity contribution < 1.29 is 4.79 Å². The summed E-state index contributed by atoms with van der Waals surface area (Å²) < 4.78 is 0. The van der Waals surface area contributed by atoms with Crippen molar-refractivity contribution in [2.24, 2.45) is 0 Å². The zero-order valence-electron chi connectivity index (χ0n) is 16.7. The number of hydrogen-bond donors (Lipinski definition) is 1. The van der Waals surface area contributed by atoms with Gasteiger partial charge in [0.2, 0.25) is 5.91 Å². The second-order valence-corrected chi connectivity index (χ2v) is 7.97. The second-order valence-electron chi connectivity index (χ2n) is 7.97. The minimum Gasteiger partial charge on any atom is -0.342 e. The van der Waals surface area contributed by atoms with Crippen LogP contribution in [0.15, 0.2) is 91.0 Å². The van der Waals surface area contributed by atoms with Gasteiger partial charge in [-0.05, 0) is 33.7 Å². The van der Waals surface area contributed by atoms with Gasteiger partial charge >= 0.3 is 0 Å². The molecule has 142 valence electrons. The molecule has 0 heterocycles. The van der Waals surface area contributed by atoms with Gasteiger partial charge in [-0.2, -0.15) is 0 Å². The number of hydrogen-bond acceptors (Lipinski definition) is 1. The first kappa shape index (κ1) is 19.6. The molecule has 0 atom stereocenters. The van der Waals surface area contributed by atoms with Gasteiger partial charge in [0.25, 0.3) is 0 Å². The molecule has 0 saturated carbocycles. The van der Waals surface area contributed by atoms with Gasteiger partial charge in [0, 0.05) is 6.08 Å². The SMILES string of the molecule is CC(C)(C)c1ccc(/C=C/C(=O)NC(c2ccccc2)c2ccccc2)cc1. The molecule has 0 unspecified atom stereocenters. The van der Waals surface area contributed by atoms with Crippen molar-refractivity contribution in [1.82, 2.24) is 5.32 Å². The van der Waals surface area contributed by atoms with Gasteiger partial charge < -0.3 is 5.32 Å². The average molecular weight is 370 g/mol. The Morgan fingerprint density at radius 3 is 1.75 bits per heavy atom. The lowest BCUT2D eigenvalue weighted by Crippen LogP contribution is -2.27. The molecule has 0 saturated heterocycles. The molecular formula is C26H27NO. The summed E-state index contributed by atoms with van der Waals surface area (Å²) in [5, 5.41) is 3.13. The Hall–Kier alpha value is -3.13. The number of rotatable bonds is 5. The van der Waals surface area contributed by atoms with Crippen LogP contribution >= 0.6 is 0 Å². The summed E-state index contributed by atoms with van der Waals surface area (Å²) in [4.78, 5) is 12.6. The smallest absolute Gasteiger partial charge is 0.244 e. The number of carbonyl (C=O) groups is 1. The van der Waals surface area contributed by atoms with Crippen molar-refractivity contribution in [3.05, 3.63) is 113 Å². The summed E-state index contributed by atoms with van der Waals surface area (Å²) >= 11 is 0. The highest BCUT2D eigenvalue weighted by molar-refractivity contribution is 5.92. The van der Waals surface area contributed by atoms with Crippen molar-refractivity contribution in [3.8, 4) is 0 Å². The van der Waals surface area contributed by atoms with Gasteiger partial charge in [-0.25, -0.2) is 0 Å². The van der Waals surface area contributed by atoms with E-state index in [4.69, 9.17) is 0 Å².